The molecule has 0 heterocycles. The summed E-state index contributed by atoms with van der Waals surface area (Å²) in [5, 5.41) is 8.79. The Kier molecular flexibility index (Phi) is 4.28. The lowest BCUT2D eigenvalue weighted by Crippen LogP contribution is -2.00. The Morgan fingerprint density at radius 3 is 2.50 bits per heavy atom. The summed E-state index contributed by atoms with van der Waals surface area (Å²) < 4.78 is 4.64. The van der Waals surface area contributed by atoms with E-state index in [1.807, 2.05) is 24.3 Å². The van der Waals surface area contributed by atoms with Gasteiger partial charge in [0.15, 0.2) is 0 Å². The van der Waals surface area contributed by atoms with Crippen LogP contribution in [0.2, 0.25) is 0 Å². The molecule has 0 saturated carbocycles. The van der Waals surface area contributed by atoms with Gasteiger partial charge in [0.05, 0.1) is 24.3 Å². The van der Waals surface area contributed by atoms with Gasteiger partial charge in [0, 0.05) is 15.5 Å². The summed E-state index contributed by atoms with van der Waals surface area (Å²) in [5.74, 6) is -0.362. The summed E-state index contributed by atoms with van der Waals surface area (Å²) in [6.45, 7) is 0. The molecule has 0 aliphatic rings. The summed E-state index contributed by atoms with van der Waals surface area (Å²) in [7, 11) is 1.35. The summed E-state index contributed by atoms with van der Waals surface area (Å²) in [6.07, 6.45) is 0. The number of hydrogen-bond acceptors (Lipinski definition) is 5. The van der Waals surface area contributed by atoms with Crippen molar-refractivity contribution in [3.05, 3.63) is 53.6 Å². The van der Waals surface area contributed by atoms with Crippen LogP contribution in [0.5, 0.6) is 0 Å². The maximum absolute atomic E-state index is 11.3. The van der Waals surface area contributed by atoms with Gasteiger partial charge in [-0.3, -0.25) is 0 Å². The van der Waals surface area contributed by atoms with Crippen molar-refractivity contribution in [3.8, 4) is 6.07 Å². The fourth-order valence-electron chi connectivity index (χ4n) is 1.61. The van der Waals surface area contributed by atoms with Crippen molar-refractivity contribution in [1.29, 1.82) is 5.26 Å². The largest absolute Gasteiger partial charge is 0.465 e. The number of carbonyl (C=O) groups excluding carboxylic acids is 1. The Balaban J connectivity index is 2.18. The lowest BCUT2D eigenvalue weighted by Gasteiger charge is -2.06. The second-order valence-corrected chi connectivity index (χ2v) is 5.10. The van der Waals surface area contributed by atoms with Crippen molar-refractivity contribution in [3.63, 3.8) is 0 Å². The van der Waals surface area contributed by atoms with E-state index in [4.69, 9.17) is 11.0 Å². The van der Waals surface area contributed by atoms with Gasteiger partial charge in [-0.05, 0) is 42.5 Å². The first-order valence-electron chi connectivity index (χ1n) is 5.80. The monoisotopic (exact) mass is 284 g/mol. The zero-order valence-corrected chi connectivity index (χ0v) is 11.6. The highest BCUT2D eigenvalue weighted by atomic mass is 32.2. The number of esters is 1. The second-order valence-electron chi connectivity index (χ2n) is 3.98. The molecule has 20 heavy (non-hydrogen) atoms. The highest BCUT2D eigenvalue weighted by molar-refractivity contribution is 7.99. The molecule has 2 rings (SSSR count). The highest BCUT2D eigenvalue weighted by Crippen LogP contribution is 2.32. The molecular weight excluding hydrogens is 272 g/mol. The average Bonchev–Trinajstić information content (AvgIpc) is 2.49. The summed E-state index contributed by atoms with van der Waals surface area (Å²) >= 11 is 1.47. The molecule has 0 spiro atoms. The standard InChI is InChI=1S/C15H12N2O2S/c1-19-15(18)11-3-5-12(6-4-11)20-14-7-2-10(9-16)8-13(14)17/h2-8H,17H2,1H3. The SMILES string of the molecule is COC(=O)c1ccc(Sc2ccc(C#N)cc2N)cc1. The molecule has 2 aromatic carbocycles. The zero-order chi connectivity index (χ0) is 14.5. The number of hydrogen-bond donors (Lipinski definition) is 1. The topological polar surface area (TPSA) is 76.1 Å². The molecule has 2 aromatic rings. The van der Waals surface area contributed by atoms with Gasteiger partial charge in [0.2, 0.25) is 0 Å². The highest BCUT2D eigenvalue weighted by Gasteiger charge is 2.06. The van der Waals surface area contributed by atoms with E-state index in [-0.39, 0.29) is 5.97 Å². The van der Waals surface area contributed by atoms with Gasteiger partial charge in [-0.1, -0.05) is 11.8 Å². The number of benzene rings is 2. The third-order valence-electron chi connectivity index (χ3n) is 2.64. The predicted molar refractivity (Wildman–Crippen MR) is 77.5 cm³/mol. The molecule has 0 bridgehead atoms. The van der Waals surface area contributed by atoms with Crippen LogP contribution in [0.3, 0.4) is 0 Å². The van der Waals surface area contributed by atoms with Crippen LogP contribution in [-0.4, -0.2) is 13.1 Å². The lowest BCUT2D eigenvalue weighted by molar-refractivity contribution is 0.0600. The van der Waals surface area contributed by atoms with E-state index >= 15 is 0 Å². The third kappa shape index (κ3) is 3.11. The molecule has 0 aliphatic carbocycles. The number of anilines is 1. The van der Waals surface area contributed by atoms with E-state index in [9.17, 15) is 4.79 Å². The van der Waals surface area contributed by atoms with Gasteiger partial charge in [-0.2, -0.15) is 5.26 Å². The van der Waals surface area contributed by atoms with Crippen LogP contribution in [0.15, 0.2) is 52.3 Å². The van der Waals surface area contributed by atoms with E-state index in [0.29, 0.717) is 16.8 Å². The molecular formula is C15H12N2O2S. The Bertz CT molecular complexity index is 675. The molecule has 0 atom stereocenters. The van der Waals surface area contributed by atoms with Gasteiger partial charge in [-0.15, -0.1) is 0 Å². The average molecular weight is 284 g/mol. The van der Waals surface area contributed by atoms with Gasteiger partial charge >= 0.3 is 5.97 Å². The first kappa shape index (κ1) is 14.0. The van der Waals surface area contributed by atoms with Crippen LogP contribution in [0.25, 0.3) is 0 Å². The van der Waals surface area contributed by atoms with Crippen molar-refractivity contribution in [2.45, 2.75) is 9.79 Å². The van der Waals surface area contributed by atoms with Crippen molar-refractivity contribution >= 4 is 23.4 Å². The van der Waals surface area contributed by atoms with E-state index in [1.54, 1.807) is 24.3 Å². The number of nitrogens with zero attached hydrogens (tertiary/aromatic N) is 1. The molecule has 0 aliphatic heterocycles. The third-order valence-corrected chi connectivity index (χ3v) is 3.74. The molecule has 0 unspecified atom stereocenters. The number of methoxy groups -OCH3 is 1. The van der Waals surface area contributed by atoms with Crippen LogP contribution in [0, 0.1) is 11.3 Å². The van der Waals surface area contributed by atoms with Crippen LogP contribution in [0.1, 0.15) is 15.9 Å². The molecule has 0 aromatic heterocycles. The van der Waals surface area contributed by atoms with Crippen molar-refractivity contribution < 1.29 is 9.53 Å². The maximum atomic E-state index is 11.3. The summed E-state index contributed by atoms with van der Waals surface area (Å²) in [6, 6.07) is 14.3. The number of nitrogen functional groups attached to an aromatic ring is 1. The van der Waals surface area contributed by atoms with Crippen molar-refractivity contribution in [2.75, 3.05) is 12.8 Å². The van der Waals surface area contributed by atoms with Gasteiger partial charge in [0.1, 0.15) is 0 Å². The number of ether oxygens (including phenoxy) is 1. The zero-order valence-electron chi connectivity index (χ0n) is 10.8. The van der Waals surface area contributed by atoms with Gasteiger partial charge in [-0.25, -0.2) is 4.79 Å². The van der Waals surface area contributed by atoms with E-state index in [0.717, 1.165) is 9.79 Å². The van der Waals surface area contributed by atoms with Gasteiger partial charge < -0.3 is 10.5 Å². The van der Waals surface area contributed by atoms with Crippen LogP contribution in [0.4, 0.5) is 5.69 Å². The van der Waals surface area contributed by atoms with Crippen molar-refractivity contribution in [1.82, 2.24) is 0 Å². The minimum atomic E-state index is -0.362. The molecule has 0 saturated heterocycles. The molecule has 0 radical (unpaired) electrons. The fourth-order valence-corrected chi connectivity index (χ4v) is 2.45. The van der Waals surface area contributed by atoms with Crippen molar-refractivity contribution in [2.24, 2.45) is 0 Å². The van der Waals surface area contributed by atoms with Crippen LogP contribution >= 0.6 is 11.8 Å². The normalized spacial score (nSPS) is 9.80. The molecule has 0 fully saturated rings. The number of nitriles is 1. The molecule has 5 heteroatoms. The minimum Gasteiger partial charge on any atom is -0.465 e. The van der Waals surface area contributed by atoms with E-state index in [2.05, 4.69) is 4.74 Å². The molecule has 100 valence electrons. The smallest absolute Gasteiger partial charge is 0.337 e. The Morgan fingerprint density at radius 1 is 1.25 bits per heavy atom. The van der Waals surface area contributed by atoms with Gasteiger partial charge in [0.25, 0.3) is 0 Å². The van der Waals surface area contributed by atoms with Crippen LogP contribution in [-0.2, 0) is 4.74 Å². The molecule has 0 amide bonds. The lowest BCUT2D eigenvalue weighted by atomic mass is 10.2. The number of rotatable bonds is 3. The maximum Gasteiger partial charge on any atom is 0.337 e. The van der Waals surface area contributed by atoms with Crippen LogP contribution < -0.4 is 5.73 Å². The Morgan fingerprint density at radius 2 is 1.95 bits per heavy atom. The first-order chi connectivity index (χ1) is 9.63. The number of nitrogens with two attached hydrogens (primary N) is 1. The quantitative estimate of drug-likeness (QED) is 0.692. The Labute approximate surface area is 121 Å². The fraction of sp³-hybridized carbons (Fsp3) is 0.0667. The summed E-state index contributed by atoms with van der Waals surface area (Å²) in [4.78, 5) is 13.2. The minimum absolute atomic E-state index is 0.362. The first-order valence-corrected chi connectivity index (χ1v) is 6.61. The van der Waals surface area contributed by atoms with E-state index < -0.39 is 0 Å². The van der Waals surface area contributed by atoms with E-state index in [1.165, 1.54) is 18.9 Å². The molecule has 4 nitrogen and oxygen atoms in total. The number of carbonyl (C=O) groups is 1. The summed E-state index contributed by atoms with van der Waals surface area (Å²) in [5.41, 5.74) is 7.50. The molecule has 2 N–H and O–H groups in total. The predicted octanol–water partition coefficient (Wildman–Crippen LogP) is 3.08. The Hall–Kier alpha value is -2.45. The second kappa shape index (κ2) is 6.13.